The van der Waals surface area contributed by atoms with Gasteiger partial charge in [-0.05, 0) is 47.0 Å². The molecule has 3 rings (SSSR count). The summed E-state index contributed by atoms with van der Waals surface area (Å²) < 4.78 is 47.8. The molecule has 0 unspecified atom stereocenters. The van der Waals surface area contributed by atoms with E-state index in [4.69, 9.17) is 9.47 Å². The van der Waals surface area contributed by atoms with Gasteiger partial charge in [0.05, 0.1) is 12.7 Å². The second-order valence-corrected chi connectivity index (χ2v) is 7.60. The van der Waals surface area contributed by atoms with Crippen molar-refractivity contribution in [1.82, 2.24) is 9.80 Å². The summed E-state index contributed by atoms with van der Waals surface area (Å²) in [5, 5.41) is 4.14. The van der Waals surface area contributed by atoms with Gasteiger partial charge in [0.25, 0.3) is 5.91 Å². The molecule has 0 aliphatic carbocycles. The van der Waals surface area contributed by atoms with Gasteiger partial charge in [-0.25, -0.2) is 0 Å². The molecule has 1 aliphatic heterocycles. The molecule has 1 aliphatic rings. The Bertz CT molecular complexity index is 812. The molecule has 158 valence electrons. The second-order valence-electron chi connectivity index (χ2n) is 6.82. The van der Waals surface area contributed by atoms with Gasteiger partial charge in [0.15, 0.2) is 6.61 Å². The minimum atomic E-state index is -4.48. The van der Waals surface area contributed by atoms with Crippen molar-refractivity contribution in [2.75, 3.05) is 39.9 Å². The molecule has 9 heteroatoms. The number of hydrogen-bond acceptors (Lipinski definition) is 5. The van der Waals surface area contributed by atoms with Gasteiger partial charge in [0.1, 0.15) is 11.5 Å². The highest BCUT2D eigenvalue weighted by Gasteiger charge is 2.30. The van der Waals surface area contributed by atoms with Crippen molar-refractivity contribution in [1.29, 1.82) is 0 Å². The summed E-state index contributed by atoms with van der Waals surface area (Å²) in [7, 11) is 1.44. The van der Waals surface area contributed by atoms with Crippen LogP contribution >= 0.6 is 11.3 Å². The lowest BCUT2D eigenvalue weighted by Crippen LogP contribution is -2.35. The predicted octanol–water partition coefficient (Wildman–Crippen LogP) is 4.05. The third kappa shape index (κ3) is 6.11. The van der Waals surface area contributed by atoms with E-state index in [2.05, 4.69) is 16.3 Å². The molecule has 0 spiro atoms. The molecule has 1 saturated heterocycles. The quantitative estimate of drug-likeness (QED) is 0.696. The summed E-state index contributed by atoms with van der Waals surface area (Å²) in [6.45, 7) is 1.96. The monoisotopic (exact) mass is 428 g/mol. The zero-order valence-corrected chi connectivity index (χ0v) is 16.9. The van der Waals surface area contributed by atoms with Crippen LogP contribution in [0.5, 0.6) is 11.5 Å². The summed E-state index contributed by atoms with van der Waals surface area (Å²) in [4.78, 5) is 17.0. The van der Waals surface area contributed by atoms with Crippen LogP contribution in [0.25, 0.3) is 0 Å². The van der Waals surface area contributed by atoms with E-state index in [0.29, 0.717) is 25.4 Å². The third-order valence-corrected chi connectivity index (χ3v) is 5.40. The highest BCUT2D eigenvalue weighted by atomic mass is 32.1. The molecule has 1 aromatic carbocycles. The fourth-order valence-corrected chi connectivity index (χ4v) is 3.89. The third-order valence-electron chi connectivity index (χ3n) is 4.67. The van der Waals surface area contributed by atoms with E-state index in [0.717, 1.165) is 19.5 Å². The molecule has 0 saturated carbocycles. The SMILES string of the molecule is COc1ccc(OCC(F)(F)F)c(C(=O)N2CCCN(Cc3ccsc3)CC2)c1. The number of nitrogens with zero attached hydrogens (tertiary/aromatic N) is 2. The number of hydrogen-bond donors (Lipinski definition) is 0. The first-order valence-corrected chi connectivity index (χ1v) is 10.2. The van der Waals surface area contributed by atoms with Gasteiger partial charge in [-0.2, -0.15) is 24.5 Å². The molecule has 1 amide bonds. The molecule has 1 fully saturated rings. The summed E-state index contributed by atoms with van der Waals surface area (Å²) >= 11 is 1.65. The molecule has 1 aromatic heterocycles. The van der Waals surface area contributed by atoms with Crippen LogP contribution in [0.15, 0.2) is 35.0 Å². The molecule has 5 nitrogen and oxygen atoms in total. The van der Waals surface area contributed by atoms with E-state index in [9.17, 15) is 18.0 Å². The molecule has 0 radical (unpaired) electrons. The fourth-order valence-electron chi connectivity index (χ4n) is 3.23. The van der Waals surface area contributed by atoms with E-state index in [1.807, 2.05) is 5.38 Å². The minimum absolute atomic E-state index is 0.0832. The Morgan fingerprint density at radius 3 is 2.69 bits per heavy atom. The predicted molar refractivity (Wildman–Crippen MR) is 105 cm³/mol. The minimum Gasteiger partial charge on any atom is -0.497 e. The number of amides is 1. The van der Waals surface area contributed by atoms with Crippen molar-refractivity contribution >= 4 is 17.2 Å². The fraction of sp³-hybridized carbons (Fsp3) is 0.450. The number of halogens is 3. The summed E-state index contributed by atoms with van der Waals surface area (Å²) in [6.07, 6.45) is -3.69. The summed E-state index contributed by atoms with van der Waals surface area (Å²) in [5.74, 6) is -0.0485. The standard InChI is InChI=1S/C20H23F3N2O3S/c1-27-16-3-4-18(28-14-20(21,22)23)17(11-16)19(26)25-7-2-6-24(8-9-25)12-15-5-10-29-13-15/h3-5,10-11,13H,2,6-9,12,14H2,1H3. The molecule has 0 bridgehead atoms. The van der Waals surface area contributed by atoms with Gasteiger partial charge in [-0.1, -0.05) is 0 Å². The lowest BCUT2D eigenvalue weighted by Gasteiger charge is -2.23. The molecule has 0 atom stereocenters. The van der Waals surface area contributed by atoms with Crippen molar-refractivity contribution in [3.8, 4) is 11.5 Å². The highest BCUT2D eigenvalue weighted by Crippen LogP contribution is 2.28. The molecule has 29 heavy (non-hydrogen) atoms. The average molecular weight is 428 g/mol. The Balaban J connectivity index is 1.71. The zero-order chi connectivity index (χ0) is 20.9. The van der Waals surface area contributed by atoms with Crippen molar-refractivity contribution in [2.24, 2.45) is 0 Å². The lowest BCUT2D eigenvalue weighted by atomic mass is 10.1. The van der Waals surface area contributed by atoms with Crippen LogP contribution in [-0.4, -0.2) is 61.8 Å². The van der Waals surface area contributed by atoms with Crippen LogP contribution in [0.2, 0.25) is 0 Å². The Kier molecular flexibility index (Phi) is 7.02. The van der Waals surface area contributed by atoms with Gasteiger partial charge in [-0.3, -0.25) is 9.69 Å². The maximum Gasteiger partial charge on any atom is 0.422 e. The van der Waals surface area contributed by atoms with Crippen LogP contribution in [0.3, 0.4) is 0 Å². The van der Waals surface area contributed by atoms with Crippen molar-refractivity contribution in [3.05, 3.63) is 46.2 Å². The topological polar surface area (TPSA) is 42.0 Å². The first-order valence-electron chi connectivity index (χ1n) is 9.26. The van der Waals surface area contributed by atoms with Gasteiger partial charge < -0.3 is 14.4 Å². The Labute approximate surface area is 171 Å². The Hall–Kier alpha value is -2.26. The molecule has 2 heterocycles. The van der Waals surface area contributed by atoms with E-state index >= 15 is 0 Å². The first kappa shape index (κ1) is 21.4. The van der Waals surface area contributed by atoms with Crippen LogP contribution in [0.1, 0.15) is 22.3 Å². The number of thiophene rings is 1. The number of carbonyl (C=O) groups excluding carboxylic acids is 1. The van der Waals surface area contributed by atoms with E-state index < -0.39 is 12.8 Å². The van der Waals surface area contributed by atoms with Gasteiger partial charge >= 0.3 is 6.18 Å². The van der Waals surface area contributed by atoms with Gasteiger partial charge in [0, 0.05) is 32.7 Å². The van der Waals surface area contributed by atoms with E-state index in [1.165, 1.54) is 30.9 Å². The van der Waals surface area contributed by atoms with Crippen molar-refractivity contribution in [3.63, 3.8) is 0 Å². The number of carbonyl (C=O) groups is 1. The molecule has 0 N–H and O–H groups in total. The number of alkyl halides is 3. The normalized spacial score (nSPS) is 15.8. The van der Waals surface area contributed by atoms with Gasteiger partial charge in [0.2, 0.25) is 0 Å². The second kappa shape index (κ2) is 9.49. The first-order chi connectivity index (χ1) is 13.9. The van der Waals surface area contributed by atoms with Crippen LogP contribution in [0, 0.1) is 0 Å². The lowest BCUT2D eigenvalue weighted by molar-refractivity contribution is -0.153. The molecular weight excluding hydrogens is 405 g/mol. The molecule has 2 aromatic rings. The van der Waals surface area contributed by atoms with E-state index in [-0.39, 0.29) is 17.2 Å². The Morgan fingerprint density at radius 2 is 2.00 bits per heavy atom. The van der Waals surface area contributed by atoms with Gasteiger partial charge in [-0.15, -0.1) is 0 Å². The summed E-state index contributed by atoms with van der Waals surface area (Å²) in [6, 6.07) is 6.34. The van der Waals surface area contributed by atoms with Crippen LogP contribution in [0.4, 0.5) is 13.2 Å². The maximum atomic E-state index is 13.1. The maximum absolute atomic E-state index is 13.1. The highest BCUT2D eigenvalue weighted by molar-refractivity contribution is 7.07. The average Bonchev–Trinajstić information content (AvgIpc) is 3.09. The van der Waals surface area contributed by atoms with E-state index in [1.54, 1.807) is 16.2 Å². The number of benzene rings is 1. The summed E-state index contributed by atoms with van der Waals surface area (Å²) in [5.41, 5.74) is 1.32. The number of methoxy groups -OCH3 is 1. The molecular formula is C20H23F3N2O3S. The Morgan fingerprint density at radius 1 is 1.17 bits per heavy atom. The van der Waals surface area contributed by atoms with Crippen LogP contribution in [-0.2, 0) is 6.54 Å². The largest absolute Gasteiger partial charge is 0.497 e. The zero-order valence-electron chi connectivity index (χ0n) is 16.1. The number of ether oxygens (including phenoxy) is 2. The number of rotatable bonds is 6. The van der Waals surface area contributed by atoms with Crippen molar-refractivity contribution in [2.45, 2.75) is 19.1 Å². The van der Waals surface area contributed by atoms with Crippen molar-refractivity contribution < 1.29 is 27.4 Å². The van der Waals surface area contributed by atoms with Crippen LogP contribution < -0.4 is 9.47 Å². The smallest absolute Gasteiger partial charge is 0.422 e.